The Kier molecular flexibility index (Phi) is 7.54. The van der Waals surface area contributed by atoms with Crippen LogP contribution in [-0.2, 0) is 4.79 Å². The molecule has 1 amide bonds. The minimum atomic E-state index is -0.505. The fraction of sp³-hybridized carbons (Fsp3) is 0.0833. The Balaban J connectivity index is 1.51. The van der Waals surface area contributed by atoms with Crippen LogP contribution in [0.5, 0.6) is 0 Å². The number of carbonyl (C=O) groups is 1. The van der Waals surface area contributed by atoms with Crippen LogP contribution in [0.15, 0.2) is 83.1 Å². The molecule has 0 aliphatic heterocycles. The van der Waals surface area contributed by atoms with E-state index in [1.54, 1.807) is 30.3 Å². The van der Waals surface area contributed by atoms with Gasteiger partial charge in [-0.1, -0.05) is 53.2 Å². The van der Waals surface area contributed by atoms with E-state index < -0.39 is 10.8 Å². The predicted octanol–water partition coefficient (Wildman–Crippen LogP) is 5.05. The summed E-state index contributed by atoms with van der Waals surface area (Å²) in [5.41, 5.74) is 5.37. The molecule has 0 unspecified atom stereocenters. The van der Waals surface area contributed by atoms with E-state index in [1.165, 1.54) is 24.0 Å². The van der Waals surface area contributed by atoms with Crippen molar-refractivity contribution in [2.24, 2.45) is 5.10 Å². The predicted molar refractivity (Wildman–Crippen MR) is 136 cm³/mol. The number of rotatable bonds is 8. The molecule has 1 heterocycles. The Morgan fingerprint density at radius 3 is 2.54 bits per heavy atom. The van der Waals surface area contributed by atoms with Crippen molar-refractivity contribution < 1.29 is 9.72 Å². The van der Waals surface area contributed by atoms with Gasteiger partial charge in [-0.2, -0.15) is 5.10 Å². The summed E-state index contributed by atoms with van der Waals surface area (Å²) in [4.78, 5) is 23.0. The highest BCUT2D eigenvalue weighted by Gasteiger charge is 2.17. The SMILES string of the molecule is Cc1ccc(-n2c(SCC(=O)NN=Cc3ccccc3[N+](=O)[O-])nnc2-c2ccc(Cl)cc2)cc1. The number of nitro groups is 1. The number of hydrazone groups is 1. The standard InChI is InChI=1S/C24H19ClN6O3S/c1-16-6-12-20(13-7-16)30-23(17-8-10-19(25)11-9-17)28-29-24(30)35-15-22(32)27-26-14-18-4-2-3-5-21(18)31(33)34/h2-14H,15H2,1H3,(H,27,32). The van der Waals surface area contributed by atoms with Crippen LogP contribution in [0.2, 0.25) is 5.02 Å². The first kappa shape index (κ1) is 24.1. The summed E-state index contributed by atoms with van der Waals surface area (Å²) in [5, 5.41) is 24.7. The van der Waals surface area contributed by atoms with Crippen LogP contribution in [0.25, 0.3) is 17.1 Å². The zero-order valence-electron chi connectivity index (χ0n) is 18.5. The van der Waals surface area contributed by atoms with Crippen molar-refractivity contribution in [2.75, 3.05) is 5.75 Å². The lowest BCUT2D eigenvalue weighted by molar-refractivity contribution is -0.385. The average molecular weight is 507 g/mol. The topological polar surface area (TPSA) is 115 Å². The molecule has 0 aliphatic carbocycles. The van der Waals surface area contributed by atoms with Gasteiger partial charge in [-0.3, -0.25) is 19.5 Å². The molecule has 9 nitrogen and oxygen atoms in total. The molecule has 1 aromatic heterocycles. The lowest BCUT2D eigenvalue weighted by Gasteiger charge is -2.10. The number of hydrogen-bond acceptors (Lipinski definition) is 7. The molecule has 0 saturated carbocycles. The maximum atomic E-state index is 12.4. The van der Waals surface area contributed by atoms with Crippen LogP contribution in [0.3, 0.4) is 0 Å². The Hall–Kier alpha value is -4.02. The molecule has 0 aliphatic rings. The first-order chi connectivity index (χ1) is 16.9. The molecule has 0 radical (unpaired) electrons. The zero-order valence-corrected chi connectivity index (χ0v) is 20.0. The number of aromatic nitrogens is 3. The average Bonchev–Trinajstić information content (AvgIpc) is 3.28. The molecular weight excluding hydrogens is 488 g/mol. The molecule has 4 rings (SSSR count). The second-order valence-corrected chi connectivity index (χ2v) is 8.76. The lowest BCUT2D eigenvalue weighted by Crippen LogP contribution is -2.20. The van der Waals surface area contributed by atoms with E-state index in [0.717, 1.165) is 16.8 Å². The number of nitro benzene ring substituents is 1. The molecule has 4 aromatic rings. The summed E-state index contributed by atoms with van der Waals surface area (Å²) in [6.07, 6.45) is 1.24. The van der Waals surface area contributed by atoms with Gasteiger partial charge in [0.1, 0.15) is 0 Å². The van der Waals surface area contributed by atoms with Crippen molar-refractivity contribution >= 4 is 41.2 Å². The number of nitrogens with zero attached hydrogens (tertiary/aromatic N) is 5. The van der Waals surface area contributed by atoms with E-state index in [1.807, 2.05) is 47.9 Å². The van der Waals surface area contributed by atoms with E-state index in [0.29, 0.717) is 16.0 Å². The fourth-order valence-electron chi connectivity index (χ4n) is 3.18. The third-order valence-corrected chi connectivity index (χ3v) is 6.07. The lowest BCUT2D eigenvalue weighted by atomic mass is 10.2. The highest BCUT2D eigenvalue weighted by Crippen LogP contribution is 2.29. The third-order valence-electron chi connectivity index (χ3n) is 4.89. The minimum absolute atomic E-state index is 0.0127. The van der Waals surface area contributed by atoms with Gasteiger partial charge in [0.05, 0.1) is 22.5 Å². The van der Waals surface area contributed by atoms with Crippen LogP contribution >= 0.6 is 23.4 Å². The Bertz CT molecular complexity index is 1390. The van der Waals surface area contributed by atoms with Gasteiger partial charge in [-0.15, -0.1) is 10.2 Å². The van der Waals surface area contributed by atoms with E-state index in [4.69, 9.17) is 11.6 Å². The molecule has 0 spiro atoms. The Labute approximate surface area is 210 Å². The number of halogens is 1. The number of amides is 1. The van der Waals surface area contributed by atoms with E-state index in [-0.39, 0.29) is 17.0 Å². The van der Waals surface area contributed by atoms with Crippen molar-refractivity contribution in [1.82, 2.24) is 20.2 Å². The first-order valence-corrected chi connectivity index (χ1v) is 11.8. The monoisotopic (exact) mass is 506 g/mol. The second-order valence-electron chi connectivity index (χ2n) is 7.38. The van der Waals surface area contributed by atoms with Crippen LogP contribution in [0.1, 0.15) is 11.1 Å². The summed E-state index contributed by atoms with van der Waals surface area (Å²) < 4.78 is 1.87. The first-order valence-electron chi connectivity index (χ1n) is 10.4. The van der Waals surface area contributed by atoms with Crippen molar-refractivity contribution in [2.45, 2.75) is 12.1 Å². The normalized spacial score (nSPS) is 11.0. The van der Waals surface area contributed by atoms with Gasteiger partial charge in [-0.05, 0) is 49.4 Å². The number of hydrogen-bond donors (Lipinski definition) is 1. The van der Waals surface area contributed by atoms with Gasteiger partial charge in [0.15, 0.2) is 11.0 Å². The summed E-state index contributed by atoms with van der Waals surface area (Å²) >= 11 is 7.23. The van der Waals surface area contributed by atoms with Gasteiger partial charge in [0.2, 0.25) is 0 Å². The van der Waals surface area contributed by atoms with Crippen LogP contribution < -0.4 is 5.43 Å². The zero-order chi connectivity index (χ0) is 24.8. The van der Waals surface area contributed by atoms with Gasteiger partial charge in [-0.25, -0.2) is 5.43 Å². The summed E-state index contributed by atoms with van der Waals surface area (Å²) in [5.74, 6) is 0.234. The Morgan fingerprint density at radius 2 is 1.83 bits per heavy atom. The van der Waals surface area contributed by atoms with Crippen molar-refractivity contribution in [3.05, 3.63) is 99.1 Å². The third kappa shape index (κ3) is 5.92. The maximum Gasteiger partial charge on any atom is 0.278 e. The van der Waals surface area contributed by atoms with Crippen molar-refractivity contribution in [1.29, 1.82) is 0 Å². The molecule has 3 aromatic carbocycles. The molecule has 0 fully saturated rings. The number of benzene rings is 3. The van der Waals surface area contributed by atoms with Gasteiger partial charge >= 0.3 is 0 Å². The summed E-state index contributed by atoms with van der Waals surface area (Å²) in [6, 6.07) is 21.3. The number of aryl methyl sites for hydroxylation is 1. The molecule has 0 bridgehead atoms. The quantitative estimate of drug-likeness (QED) is 0.155. The number of nitrogens with one attached hydrogen (secondary N) is 1. The van der Waals surface area contributed by atoms with Crippen molar-refractivity contribution in [3.8, 4) is 17.1 Å². The van der Waals surface area contributed by atoms with Crippen LogP contribution in [0.4, 0.5) is 5.69 Å². The van der Waals surface area contributed by atoms with E-state index >= 15 is 0 Å². The number of para-hydroxylation sites is 1. The molecule has 0 saturated heterocycles. The number of thioether (sulfide) groups is 1. The van der Waals surface area contributed by atoms with Crippen LogP contribution in [-0.4, -0.2) is 37.6 Å². The minimum Gasteiger partial charge on any atom is -0.272 e. The molecule has 35 heavy (non-hydrogen) atoms. The second kappa shape index (κ2) is 10.9. The van der Waals surface area contributed by atoms with Crippen LogP contribution in [0, 0.1) is 17.0 Å². The number of carbonyl (C=O) groups excluding carboxylic acids is 1. The van der Waals surface area contributed by atoms with E-state index in [2.05, 4.69) is 20.7 Å². The summed E-state index contributed by atoms with van der Waals surface area (Å²) in [6.45, 7) is 2.00. The Morgan fingerprint density at radius 1 is 1.11 bits per heavy atom. The molecule has 176 valence electrons. The molecule has 11 heteroatoms. The van der Waals surface area contributed by atoms with E-state index in [9.17, 15) is 14.9 Å². The largest absolute Gasteiger partial charge is 0.278 e. The molecule has 1 N–H and O–H groups in total. The molecule has 0 atom stereocenters. The smallest absolute Gasteiger partial charge is 0.272 e. The van der Waals surface area contributed by atoms with Gasteiger partial charge in [0.25, 0.3) is 11.6 Å². The summed E-state index contributed by atoms with van der Waals surface area (Å²) in [7, 11) is 0. The highest BCUT2D eigenvalue weighted by atomic mass is 35.5. The van der Waals surface area contributed by atoms with Gasteiger partial charge < -0.3 is 0 Å². The van der Waals surface area contributed by atoms with Crippen molar-refractivity contribution in [3.63, 3.8) is 0 Å². The highest BCUT2D eigenvalue weighted by molar-refractivity contribution is 7.99. The maximum absolute atomic E-state index is 12.4. The fourth-order valence-corrected chi connectivity index (χ4v) is 4.05. The van der Waals surface area contributed by atoms with Gasteiger partial charge in [0, 0.05) is 22.3 Å². The molecular formula is C24H19ClN6O3S.